The summed E-state index contributed by atoms with van der Waals surface area (Å²) in [6.07, 6.45) is 2.96. The van der Waals surface area contributed by atoms with Crippen LogP contribution in [0.1, 0.15) is 50.2 Å². The molecule has 1 N–H and O–H groups in total. The SMILES string of the molecule is Cc1cc(C(CC(=O)NCCOC(C)C)C2CC2)ccc1F. The van der Waals surface area contributed by atoms with Gasteiger partial charge >= 0.3 is 0 Å². The molecule has 0 spiro atoms. The van der Waals surface area contributed by atoms with Gasteiger partial charge in [-0.05, 0) is 62.6 Å². The molecule has 2 rings (SSSR count). The molecule has 0 bridgehead atoms. The standard InChI is InChI=1S/C18H26FNO2/c1-12(2)22-9-8-20-18(21)11-16(14-4-5-14)15-6-7-17(19)13(3)10-15/h6-7,10,12,14,16H,4-5,8-9,11H2,1-3H3,(H,20,21). The molecule has 122 valence electrons. The minimum Gasteiger partial charge on any atom is -0.377 e. The number of aryl methyl sites for hydroxylation is 1. The minimum atomic E-state index is -0.186. The van der Waals surface area contributed by atoms with Crippen LogP contribution in [0.25, 0.3) is 0 Å². The summed E-state index contributed by atoms with van der Waals surface area (Å²) in [7, 11) is 0. The Kier molecular flexibility index (Phi) is 5.95. The lowest BCUT2D eigenvalue weighted by Gasteiger charge is -2.17. The van der Waals surface area contributed by atoms with Crippen molar-refractivity contribution < 1.29 is 13.9 Å². The number of hydrogen-bond acceptors (Lipinski definition) is 2. The third kappa shape index (κ3) is 5.09. The van der Waals surface area contributed by atoms with Crippen LogP contribution >= 0.6 is 0 Å². The molecule has 1 aromatic rings. The number of ether oxygens (including phenoxy) is 1. The van der Waals surface area contributed by atoms with E-state index >= 15 is 0 Å². The Hall–Kier alpha value is -1.42. The van der Waals surface area contributed by atoms with Gasteiger partial charge in [0.25, 0.3) is 0 Å². The first-order valence-corrected chi connectivity index (χ1v) is 8.11. The van der Waals surface area contributed by atoms with Crippen LogP contribution in [0.4, 0.5) is 4.39 Å². The molecule has 1 saturated carbocycles. The molecule has 1 amide bonds. The van der Waals surface area contributed by atoms with Crippen molar-refractivity contribution in [3.63, 3.8) is 0 Å². The van der Waals surface area contributed by atoms with E-state index in [1.54, 1.807) is 6.92 Å². The van der Waals surface area contributed by atoms with Crippen LogP contribution in [0.3, 0.4) is 0 Å². The number of carbonyl (C=O) groups is 1. The van der Waals surface area contributed by atoms with Gasteiger partial charge in [0.2, 0.25) is 5.91 Å². The molecule has 0 radical (unpaired) electrons. The van der Waals surface area contributed by atoms with E-state index in [1.165, 1.54) is 6.07 Å². The Morgan fingerprint density at radius 3 is 2.73 bits per heavy atom. The molecule has 3 nitrogen and oxygen atoms in total. The van der Waals surface area contributed by atoms with E-state index in [1.807, 2.05) is 26.0 Å². The Labute approximate surface area is 132 Å². The summed E-state index contributed by atoms with van der Waals surface area (Å²) in [6, 6.07) is 5.21. The predicted molar refractivity (Wildman–Crippen MR) is 85.3 cm³/mol. The highest BCUT2D eigenvalue weighted by atomic mass is 19.1. The Balaban J connectivity index is 1.89. The molecule has 0 heterocycles. The number of carbonyl (C=O) groups excluding carboxylic acids is 1. The van der Waals surface area contributed by atoms with E-state index in [2.05, 4.69) is 5.32 Å². The van der Waals surface area contributed by atoms with Crippen LogP contribution in [0, 0.1) is 18.7 Å². The zero-order valence-corrected chi connectivity index (χ0v) is 13.7. The lowest BCUT2D eigenvalue weighted by molar-refractivity contribution is -0.121. The highest BCUT2D eigenvalue weighted by Gasteiger charge is 2.33. The quantitative estimate of drug-likeness (QED) is 0.746. The fourth-order valence-corrected chi connectivity index (χ4v) is 2.71. The van der Waals surface area contributed by atoms with E-state index in [0.29, 0.717) is 31.1 Å². The molecule has 0 aliphatic heterocycles. The second-order valence-electron chi connectivity index (χ2n) is 6.43. The molecule has 1 atom stereocenters. The smallest absolute Gasteiger partial charge is 0.220 e. The van der Waals surface area contributed by atoms with Crippen molar-refractivity contribution in [2.45, 2.75) is 52.1 Å². The topological polar surface area (TPSA) is 38.3 Å². The highest BCUT2D eigenvalue weighted by molar-refractivity contribution is 5.77. The van der Waals surface area contributed by atoms with E-state index in [9.17, 15) is 9.18 Å². The van der Waals surface area contributed by atoms with Gasteiger partial charge in [-0.25, -0.2) is 4.39 Å². The largest absolute Gasteiger partial charge is 0.377 e. The van der Waals surface area contributed by atoms with Crippen molar-refractivity contribution in [1.29, 1.82) is 0 Å². The molecule has 1 aliphatic carbocycles. The van der Waals surface area contributed by atoms with Crippen molar-refractivity contribution in [3.8, 4) is 0 Å². The summed E-state index contributed by atoms with van der Waals surface area (Å²) in [5.74, 6) is 0.618. The fraction of sp³-hybridized carbons (Fsp3) is 0.611. The van der Waals surface area contributed by atoms with Gasteiger partial charge in [-0.3, -0.25) is 4.79 Å². The second kappa shape index (κ2) is 7.73. The van der Waals surface area contributed by atoms with Crippen LogP contribution in [-0.4, -0.2) is 25.2 Å². The Morgan fingerprint density at radius 2 is 2.14 bits per heavy atom. The van der Waals surface area contributed by atoms with Crippen molar-refractivity contribution in [2.24, 2.45) is 5.92 Å². The molecule has 4 heteroatoms. The lowest BCUT2D eigenvalue weighted by atomic mass is 9.89. The number of amides is 1. The molecular formula is C18H26FNO2. The van der Waals surface area contributed by atoms with E-state index in [-0.39, 0.29) is 23.7 Å². The van der Waals surface area contributed by atoms with Crippen molar-refractivity contribution >= 4 is 5.91 Å². The average Bonchev–Trinajstić information content (AvgIpc) is 3.28. The van der Waals surface area contributed by atoms with Crippen molar-refractivity contribution in [1.82, 2.24) is 5.32 Å². The maximum absolute atomic E-state index is 13.4. The van der Waals surface area contributed by atoms with Crippen molar-refractivity contribution in [3.05, 3.63) is 35.1 Å². The van der Waals surface area contributed by atoms with Crippen LogP contribution in [0.5, 0.6) is 0 Å². The number of rotatable bonds is 8. The minimum absolute atomic E-state index is 0.0474. The molecular weight excluding hydrogens is 281 g/mol. The Bertz CT molecular complexity index is 512. The first kappa shape index (κ1) is 16.9. The van der Waals surface area contributed by atoms with Gasteiger partial charge in [0.05, 0.1) is 12.7 Å². The van der Waals surface area contributed by atoms with Gasteiger partial charge in [0.15, 0.2) is 0 Å². The summed E-state index contributed by atoms with van der Waals surface area (Å²) >= 11 is 0. The first-order chi connectivity index (χ1) is 10.5. The predicted octanol–water partition coefficient (Wildman–Crippen LogP) is 3.56. The van der Waals surface area contributed by atoms with Gasteiger partial charge in [-0.1, -0.05) is 12.1 Å². The Morgan fingerprint density at radius 1 is 1.41 bits per heavy atom. The number of benzene rings is 1. The molecule has 1 aliphatic rings. The summed E-state index contributed by atoms with van der Waals surface area (Å²) in [4.78, 5) is 12.1. The highest BCUT2D eigenvalue weighted by Crippen LogP contribution is 2.44. The lowest BCUT2D eigenvalue weighted by Crippen LogP contribution is -2.29. The molecule has 1 unspecified atom stereocenters. The zero-order valence-electron chi connectivity index (χ0n) is 13.7. The summed E-state index contributed by atoms with van der Waals surface area (Å²) < 4.78 is 18.8. The number of hydrogen-bond donors (Lipinski definition) is 1. The molecule has 1 fully saturated rings. The molecule has 1 aromatic carbocycles. The summed E-state index contributed by atoms with van der Waals surface area (Å²) in [5, 5.41) is 2.91. The molecule has 0 saturated heterocycles. The normalized spacial score (nSPS) is 15.9. The third-order valence-corrected chi connectivity index (χ3v) is 4.08. The maximum atomic E-state index is 13.4. The maximum Gasteiger partial charge on any atom is 0.220 e. The molecule has 0 aromatic heterocycles. The van der Waals surface area contributed by atoms with E-state index in [0.717, 1.165) is 18.4 Å². The third-order valence-electron chi connectivity index (χ3n) is 4.08. The number of nitrogens with one attached hydrogen (secondary N) is 1. The van der Waals surface area contributed by atoms with Crippen LogP contribution in [-0.2, 0) is 9.53 Å². The zero-order chi connectivity index (χ0) is 16.1. The number of halogens is 1. The molecule has 22 heavy (non-hydrogen) atoms. The van der Waals surface area contributed by atoms with Gasteiger partial charge in [0.1, 0.15) is 5.82 Å². The summed E-state index contributed by atoms with van der Waals surface area (Å²) in [6.45, 7) is 6.79. The van der Waals surface area contributed by atoms with Gasteiger partial charge in [-0.15, -0.1) is 0 Å². The monoisotopic (exact) mass is 307 g/mol. The fourth-order valence-electron chi connectivity index (χ4n) is 2.71. The second-order valence-corrected chi connectivity index (χ2v) is 6.43. The summed E-state index contributed by atoms with van der Waals surface area (Å²) in [5.41, 5.74) is 1.73. The van der Waals surface area contributed by atoms with Gasteiger partial charge < -0.3 is 10.1 Å². The van der Waals surface area contributed by atoms with Crippen LogP contribution in [0.2, 0.25) is 0 Å². The average molecular weight is 307 g/mol. The van der Waals surface area contributed by atoms with Gasteiger partial charge in [-0.2, -0.15) is 0 Å². The van der Waals surface area contributed by atoms with Crippen molar-refractivity contribution in [2.75, 3.05) is 13.2 Å². The van der Waals surface area contributed by atoms with Crippen LogP contribution in [0.15, 0.2) is 18.2 Å². The van der Waals surface area contributed by atoms with E-state index in [4.69, 9.17) is 4.74 Å². The first-order valence-electron chi connectivity index (χ1n) is 8.11. The van der Waals surface area contributed by atoms with Gasteiger partial charge in [0, 0.05) is 13.0 Å². The van der Waals surface area contributed by atoms with E-state index < -0.39 is 0 Å². The van der Waals surface area contributed by atoms with Crippen LogP contribution < -0.4 is 5.32 Å².